The van der Waals surface area contributed by atoms with Gasteiger partial charge in [0.1, 0.15) is 6.04 Å². The van der Waals surface area contributed by atoms with Crippen LogP contribution in [0.2, 0.25) is 5.02 Å². The number of sulfonamides is 1. The molecular formula is C22H28ClN3O3S. The monoisotopic (exact) mass is 449 g/mol. The van der Waals surface area contributed by atoms with Gasteiger partial charge in [-0.2, -0.15) is 0 Å². The lowest BCUT2D eigenvalue weighted by atomic mass is 10.1. The van der Waals surface area contributed by atoms with Gasteiger partial charge >= 0.3 is 0 Å². The summed E-state index contributed by atoms with van der Waals surface area (Å²) in [6.45, 7) is 8.36. The Bertz CT molecular complexity index is 1020. The number of aryl methyl sites for hydroxylation is 1. The van der Waals surface area contributed by atoms with Crippen molar-refractivity contribution in [2.75, 3.05) is 41.6 Å². The number of anilines is 2. The third kappa shape index (κ3) is 4.73. The molecule has 0 aromatic heterocycles. The minimum atomic E-state index is -3.65. The summed E-state index contributed by atoms with van der Waals surface area (Å²) in [6, 6.07) is 11.9. The second-order valence-corrected chi connectivity index (χ2v) is 10.0. The number of carbonyl (C=O) groups is 1. The Balaban J connectivity index is 1.74. The SMILES string of the molecule is Cc1cccc(N2CCN(C(=O)[C@H](C)N(c3ccc(Cl)cc3)S(C)(=O)=O)CC2)c1C. The van der Waals surface area contributed by atoms with Gasteiger partial charge in [0.15, 0.2) is 0 Å². The molecule has 0 bridgehead atoms. The van der Waals surface area contributed by atoms with Crippen LogP contribution in [0.4, 0.5) is 11.4 Å². The van der Waals surface area contributed by atoms with Crippen LogP contribution >= 0.6 is 11.6 Å². The highest BCUT2D eigenvalue weighted by molar-refractivity contribution is 7.92. The van der Waals surface area contributed by atoms with Crippen LogP contribution in [-0.4, -0.2) is 57.7 Å². The maximum Gasteiger partial charge on any atom is 0.246 e. The highest BCUT2D eigenvalue weighted by Gasteiger charge is 2.33. The molecule has 1 aliphatic rings. The maximum atomic E-state index is 13.2. The fourth-order valence-corrected chi connectivity index (χ4v) is 5.20. The maximum absolute atomic E-state index is 13.2. The number of halogens is 1. The van der Waals surface area contributed by atoms with E-state index >= 15 is 0 Å². The van der Waals surface area contributed by atoms with Gasteiger partial charge < -0.3 is 9.80 Å². The zero-order valence-corrected chi connectivity index (χ0v) is 19.4. The molecule has 0 saturated carbocycles. The summed E-state index contributed by atoms with van der Waals surface area (Å²) < 4.78 is 26.1. The van der Waals surface area contributed by atoms with Crippen molar-refractivity contribution in [3.05, 3.63) is 58.6 Å². The van der Waals surface area contributed by atoms with Crippen molar-refractivity contribution in [1.29, 1.82) is 0 Å². The summed E-state index contributed by atoms with van der Waals surface area (Å²) >= 11 is 5.93. The van der Waals surface area contributed by atoms with Gasteiger partial charge in [-0.05, 0) is 62.2 Å². The van der Waals surface area contributed by atoms with Crippen LogP contribution in [0, 0.1) is 13.8 Å². The lowest BCUT2D eigenvalue weighted by Crippen LogP contribution is -2.55. The first-order chi connectivity index (χ1) is 14.1. The fraction of sp³-hybridized carbons (Fsp3) is 0.409. The predicted octanol–water partition coefficient (Wildman–Crippen LogP) is 3.46. The Hall–Kier alpha value is -2.25. The number of benzene rings is 2. The van der Waals surface area contributed by atoms with E-state index in [1.54, 1.807) is 36.1 Å². The van der Waals surface area contributed by atoms with Crippen LogP contribution in [0.5, 0.6) is 0 Å². The van der Waals surface area contributed by atoms with Gasteiger partial charge in [-0.3, -0.25) is 9.10 Å². The van der Waals surface area contributed by atoms with Crippen molar-refractivity contribution in [2.45, 2.75) is 26.8 Å². The Morgan fingerprint density at radius 3 is 2.20 bits per heavy atom. The molecule has 3 rings (SSSR count). The fourth-order valence-electron chi connectivity index (χ4n) is 3.90. The highest BCUT2D eigenvalue weighted by Crippen LogP contribution is 2.26. The molecule has 0 radical (unpaired) electrons. The average Bonchev–Trinajstić information content (AvgIpc) is 2.70. The van der Waals surface area contributed by atoms with Gasteiger partial charge in [0.25, 0.3) is 0 Å². The van der Waals surface area contributed by atoms with Crippen molar-refractivity contribution in [1.82, 2.24) is 4.90 Å². The Labute approximate surface area is 184 Å². The first-order valence-electron chi connectivity index (χ1n) is 9.94. The largest absolute Gasteiger partial charge is 0.368 e. The summed E-state index contributed by atoms with van der Waals surface area (Å²) in [7, 11) is -3.65. The third-order valence-electron chi connectivity index (χ3n) is 5.66. The summed E-state index contributed by atoms with van der Waals surface area (Å²) in [4.78, 5) is 17.2. The molecule has 0 unspecified atom stereocenters. The van der Waals surface area contributed by atoms with Gasteiger partial charge in [-0.15, -0.1) is 0 Å². The minimum absolute atomic E-state index is 0.198. The van der Waals surface area contributed by atoms with E-state index in [4.69, 9.17) is 11.6 Å². The molecule has 30 heavy (non-hydrogen) atoms. The topological polar surface area (TPSA) is 60.9 Å². The second kappa shape index (κ2) is 8.86. The van der Waals surface area contributed by atoms with Gasteiger partial charge in [0.2, 0.25) is 15.9 Å². The third-order valence-corrected chi connectivity index (χ3v) is 7.15. The quantitative estimate of drug-likeness (QED) is 0.701. The van der Waals surface area contributed by atoms with E-state index in [0.717, 1.165) is 6.26 Å². The Morgan fingerprint density at radius 1 is 1.03 bits per heavy atom. The van der Waals surface area contributed by atoms with Crippen molar-refractivity contribution < 1.29 is 13.2 Å². The highest BCUT2D eigenvalue weighted by atomic mass is 35.5. The van der Waals surface area contributed by atoms with Crippen LogP contribution < -0.4 is 9.21 Å². The predicted molar refractivity (Wildman–Crippen MR) is 123 cm³/mol. The Morgan fingerprint density at radius 2 is 1.63 bits per heavy atom. The smallest absolute Gasteiger partial charge is 0.246 e. The van der Waals surface area contributed by atoms with Crippen molar-refractivity contribution in [3.8, 4) is 0 Å². The molecule has 2 aromatic carbocycles. The molecule has 6 nitrogen and oxygen atoms in total. The second-order valence-electron chi connectivity index (χ2n) is 7.74. The first-order valence-corrected chi connectivity index (χ1v) is 12.2. The van der Waals surface area contributed by atoms with Crippen LogP contribution in [0.25, 0.3) is 0 Å². The van der Waals surface area contributed by atoms with Crippen LogP contribution in [0.1, 0.15) is 18.1 Å². The molecule has 1 saturated heterocycles. The number of hydrogen-bond donors (Lipinski definition) is 0. The molecule has 1 aliphatic heterocycles. The van der Waals surface area contributed by atoms with E-state index in [2.05, 4.69) is 30.9 Å². The number of piperazine rings is 1. The van der Waals surface area contributed by atoms with Gasteiger partial charge in [-0.25, -0.2) is 8.42 Å². The van der Waals surface area contributed by atoms with Gasteiger partial charge in [0, 0.05) is 36.9 Å². The van der Waals surface area contributed by atoms with Gasteiger partial charge in [-0.1, -0.05) is 23.7 Å². The summed E-state index contributed by atoms with van der Waals surface area (Å²) in [5.41, 5.74) is 4.11. The molecule has 162 valence electrons. The van der Waals surface area contributed by atoms with Crippen molar-refractivity contribution >= 4 is 38.9 Å². The summed E-state index contributed by atoms with van der Waals surface area (Å²) in [5.74, 6) is -0.198. The van der Waals surface area contributed by atoms with Gasteiger partial charge in [0.05, 0.1) is 11.9 Å². The molecule has 8 heteroatoms. The number of rotatable bonds is 5. The Kier molecular flexibility index (Phi) is 6.62. The van der Waals surface area contributed by atoms with E-state index in [1.807, 2.05) is 6.07 Å². The number of nitrogens with zero attached hydrogens (tertiary/aromatic N) is 3. The molecule has 1 atom stereocenters. The summed E-state index contributed by atoms with van der Waals surface area (Å²) in [5, 5.41) is 0.508. The molecule has 2 aromatic rings. The number of amides is 1. The zero-order valence-electron chi connectivity index (χ0n) is 17.8. The normalized spacial score (nSPS) is 15.8. The van der Waals surface area contributed by atoms with Crippen LogP contribution in [0.15, 0.2) is 42.5 Å². The number of hydrogen-bond acceptors (Lipinski definition) is 4. The lowest BCUT2D eigenvalue weighted by Gasteiger charge is -2.39. The summed E-state index contributed by atoms with van der Waals surface area (Å²) in [6.07, 6.45) is 1.11. The van der Waals surface area contributed by atoms with Crippen molar-refractivity contribution in [3.63, 3.8) is 0 Å². The molecule has 0 N–H and O–H groups in total. The average molecular weight is 450 g/mol. The van der Waals surface area contributed by atoms with E-state index in [-0.39, 0.29) is 5.91 Å². The lowest BCUT2D eigenvalue weighted by molar-refractivity contribution is -0.132. The van der Waals surface area contributed by atoms with E-state index < -0.39 is 16.1 Å². The molecule has 0 aliphatic carbocycles. The standard InChI is InChI=1S/C22H28ClN3O3S/c1-16-6-5-7-21(17(16)2)24-12-14-25(15-13-24)22(27)18(3)26(30(4,28)29)20-10-8-19(23)9-11-20/h5-11,18H,12-15H2,1-4H3/t18-/m0/s1. The molecule has 1 fully saturated rings. The van der Waals surface area contributed by atoms with Crippen LogP contribution in [0.3, 0.4) is 0 Å². The molecule has 1 heterocycles. The molecule has 1 amide bonds. The minimum Gasteiger partial charge on any atom is -0.368 e. The van der Waals surface area contributed by atoms with E-state index in [1.165, 1.54) is 21.1 Å². The zero-order chi connectivity index (χ0) is 22.1. The first kappa shape index (κ1) is 22.4. The van der Waals surface area contributed by atoms with E-state index in [0.29, 0.717) is 36.9 Å². The molecular weight excluding hydrogens is 422 g/mol. The van der Waals surface area contributed by atoms with Crippen molar-refractivity contribution in [2.24, 2.45) is 0 Å². The van der Waals surface area contributed by atoms with Crippen LogP contribution in [-0.2, 0) is 14.8 Å². The van der Waals surface area contributed by atoms with E-state index in [9.17, 15) is 13.2 Å². The number of carbonyl (C=O) groups excluding carboxylic acids is 1. The molecule has 0 spiro atoms.